The average molecular weight is 720 g/mol. The van der Waals surface area contributed by atoms with Crippen LogP contribution in [0.3, 0.4) is 0 Å². The molecular weight excluding hydrogens is 677 g/mol. The highest BCUT2D eigenvalue weighted by Gasteiger charge is 2.19. The Morgan fingerprint density at radius 1 is 0.339 bits per heavy atom. The van der Waals surface area contributed by atoms with Crippen LogP contribution in [-0.2, 0) is 0 Å². The number of fused-ring (bicyclic) bond motifs is 6. The lowest BCUT2D eigenvalue weighted by molar-refractivity contribution is 1.18. The summed E-state index contributed by atoms with van der Waals surface area (Å²) in [4.78, 5) is 0. The number of rotatable bonds is 6. The molecule has 0 amide bonds. The van der Waals surface area contributed by atoms with Crippen molar-refractivity contribution in [2.75, 3.05) is 0 Å². The summed E-state index contributed by atoms with van der Waals surface area (Å²) in [6.45, 7) is 0. The van der Waals surface area contributed by atoms with Gasteiger partial charge in [0.1, 0.15) is 0 Å². The van der Waals surface area contributed by atoms with Gasteiger partial charge in [-0.3, -0.25) is 0 Å². The van der Waals surface area contributed by atoms with E-state index in [2.05, 4.69) is 71.3 Å². The minimum Gasteiger partial charge on any atom is -0.309 e. The van der Waals surface area contributed by atoms with Crippen molar-refractivity contribution in [3.05, 3.63) is 218 Å². The highest BCUT2D eigenvalue weighted by molar-refractivity contribution is 6.15. The van der Waals surface area contributed by atoms with Crippen LogP contribution in [0.5, 0.6) is 0 Å². The van der Waals surface area contributed by atoms with Crippen molar-refractivity contribution in [2.24, 2.45) is 0 Å². The van der Waals surface area contributed by atoms with Gasteiger partial charge in [-0.1, -0.05) is 170 Å². The van der Waals surface area contributed by atoms with Gasteiger partial charge in [0, 0.05) is 38.4 Å². The third-order valence-electron chi connectivity index (χ3n) is 10.8. The second-order valence-electron chi connectivity index (χ2n) is 14.0. The van der Waals surface area contributed by atoms with Gasteiger partial charge in [-0.15, -0.1) is 0 Å². The van der Waals surface area contributed by atoms with Gasteiger partial charge in [-0.25, -0.2) is 0 Å². The van der Waals surface area contributed by atoms with Crippen LogP contribution in [-0.4, -0.2) is 9.13 Å². The van der Waals surface area contributed by atoms with Crippen molar-refractivity contribution < 1.29 is 9.60 Å². The van der Waals surface area contributed by atoms with Gasteiger partial charge in [0.25, 0.3) is 0 Å². The molecule has 2 heterocycles. The van der Waals surface area contributed by atoms with E-state index in [9.17, 15) is 6.85 Å². The fourth-order valence-electron chi connectivity index (χ4n) is 8.21. The molecule has 11 rings (SSSR count). The zero-order chi connectivity index (χ0) is 43.1. The molecule has 56 heavy (non-hydrogen) atoms. The molecule has 0 radical (unpaired) electrons. The Bertz CT molecular complexity index is 3620. The Morgan fingerprint density at radius 3 is 1.71 bits per heavy atom. The summed E-state index contributed by atoms with van der Waals surface area (Å²) in [5.74, 6) is 0. The van der Waals surface area contributed by atoms with E-state index in [1.54, 1.807) is 4.57 Å². The molecule has 0 saturated heterocycles. The molecule has 0 aliphatic rings. The molecule has 0 N–H and O–H groups in total. The quantitative estimate of drug-likeness (QED) is 0.162. The lowest BCUT2D eigenvalue weighted by atomic mass is 9.99. The van der Waals surface area contributed by atoms with Crippen LogP contribution < -0.4 is 0 Å². The first-order valence-corrected chi connectivity index (χ1v) is 18.7. The van der Waals surface area contributed by atoms with Gasteiger partial charge in [-0.2, -0.15) is 0 Å². The van der Waals surface area contributed by atoms with E-state index in [0.29, 0.717) is 11.3 Å². The summed E-state index contributed by atoms with van der Waals surface area (Å²) in [5, 5.41) is 2.22. The zero-order valence-corrected chi connectivity index (χ0v) is 30.1. The fraction of sp³-hybridized carbons (Fsp3) is 0. The second kappa shape index (κ2) is 13.2. The van der Waals surface area contributed by atoms with Crippen LogP contribution in [0.4, 0.5) is 0 Å². The lowest BCUT2D eigenvalue weighted by Gasteiger charge is -2.14. The van der Waals surface area contributed by atoms with Crippen LogP contribution in [0.1, 0.15) is 9.60 Å². The first-order chi connectivity index (χ1) is 30.7. The molecule has 2 heteroatoms. The zero-order valence-electron chi connectivity index (χ0n) is 37.1. The highest BCUT2D eigenvalue weighted by atomic mass is 15.0. The molecule has 9 aromatic carbocycles. The van der Waals surface area contributed by atoms with E-state index in [1.807, 2.05) is 109 Å². The Hall–Kier alpha value is -7.42. The Balaban J connectivity index is 1.20. The number of nitrogens with zero attached hydrogens (tertiary/aromatic N) is 2. The molecule has 0 atom stereocenters. The summed E-state index contributed by atoms with van der Waals surface area (Å²) in [7, 11) is 0. The lowest BCUT2D eigenvalue weighted by Crippen LogP contribution is -1.97. The molecular formula is C54H36N2. The largest absolute Gasteiger partial charge is 0.309 e. The maximum atomic E-state index is 9.96. The Morgan fingerprint density at radius 2 is 0.946 bits per heavy atom. The molecule has 0 unspecified atom stereocenters. The van der Waals surface area contributed by atoms with Crippen molar-refractivity contribution in [2.45, 2.75) is 0 Å². The van der Waals surface area contributed by atoms with Gasteiger partial charge < -0.3 is 9.13 Å². The number of hydrogen-bond donors (Lipinski definition) is 0. The van der Waals surface area contributed by atoms with Gasteiger partial charge in [0.05, 0.1) is 37.3 Å². The van der Waals surface area contributed by atoms with Gasteiger partial charge in [-0.05, 0) is 81.8 Å². The van der Waals surface area contributed by atoms with Gasteiger partial charge in [0.15, 0.2) is 0 Å². The standard InChI is InChI=1S/C54H36N2/c1-4-15-37(16-5-1)38-27-31-43(32-28-38)55-52-33-29-42(36-49(52)47-24-14-23-45(54(47)55)40-19-8-3-9-20-40)41-30-34-53-48(35-41)46-22-11-13-26-51(46)56(53)50-25-12-10-21-44(50)39-17-6-2-7-18-39/h1-36H/i11D,13D,22D,26D,30D,34D,35D. The van der Waals surface area contributed by atoms with Crippen LogP contribution in [0, 0.1) is 0 Å². The summed E-state index contributed by atoms with van der Waals surface area (Å²) < 4.78 is 69.2. The highest BCUT2D eigenvalue weighted by Crippen LogP contribution is 2.42. The maximum absolute atomic E-state index is 9.96. The van der Waals surface area contributed by atoms with E-state index < -0.39 is 12.1 Å². The Kier molecular flexibility index (Phi) is 6.01. The monoisotopic (exact) mass is 719 g/mol. The van der Waals surface area contributed by atoms with Gasteiger partial charge in [0.2, 0.25) is 0 Å². The average Bonchev–Trinajstić information content (AvgIpc) is 3.87. The van der Waals surface area contributed by atoms with Crippen molar-refractivity contribution in [1.29, 1.82) is 0 Å². The summed E-state index contributed by atoms with van der Waals surface area (Å²) >= 11 is 0. The van der Waals surface area contributed by atoms with E-state index >= 15 is 0 Å². The number of hydrogen-bond acceptors (Lipinski definition) is 0. The first-order valence-electron chi connectivity index (χ1n) is 22.2. The summed E-state index contributed by atoms with van der Waals surface area (Å²) in [6.07, 6.45) is 0. The molecule has 0 aliphatic heterocycles. The molecule has 0 saturated carbocycles. The number of para-hydroxylation sites is 3. The molecule has 0 fully saturated rings. The normalized spacial score (nSPS) is 13.3. The summed E-state index contributed by atoms with van der Waals surface area (Å²) in [6, 6.07) is 56.7. The summed E-state index contributed by atoms with van der Waals surface area (Å²) in [5.41, 5.74) is 10.6. The smallest absolute Gasteiger partial charge is 0.0645 e. The molecule has 0 aliphatic carbocycles. The minimum absolute atomic E-state index is 0.0819. The van der Waals surface area contributed by atoms with Crippen LogP contribution in [0.2, 0.25) is 0 Å². The predicted molar refractivity (Wildman–Crippen MR) is 237 cm³/mol. The maximum Gasteiger partial charge on any atom is 0.0645 e. The number of benzene rings is 9. The SMILES string of the molecule is [2H]c1c([2H])c([2H])c2c(c1[2H])c1c([2H])c(-c3ccc4c(c3)c3cccc(-c5ccccc5)c3n4-c3ccc(-c4ccccc4)cc3)c([2H])c([2H])c1n2-c1ccccc1-c1ccccc1. The second-order valence-corrected chi connectivity index (χ2v) is 14.0. The molecule has 0 bridgehead atoms. The third kappa shape index (κ3) is 5.19. The molecule has 11 aromatic rings. The van der Waals surface area contributed by atoms with Crippen molar-refractivity contribution in [3.63, 3.8) is 0 Å². The topological polar surface area (TPSA) is 9.86 Å². The van der Waals surface area contributed by atoms with Crippen molar-refractivity contribution in [3.8, 4) is 55.9 Å². The third-order valence-corrected chi connectivity index (χ3v) is 10.8. The molecule has 2 aromatic heterocycles. The van der Waals surface area contributed by atoms with Gasteiger partial charge >= 0.3 is 0 Å². The Labute approximate surface area is 335 Å². The van der Waals surface area contributed by atoms with E-state index in [-0.39, 0.29) is 57.6 Å². The first kappa shape index (κ1) is 25.6. The van der Waals surface area contributed by atoms with Crippen LogP contribution in [0.15, 0.2) is 218 Å². The van der Waals surface area contributed by atoms with Crippen molar-refractivity contribution >= 4 is 43.6 Å². The van der Waals surface area contributed by atoms with Crippen molar-refractivity contribution in [1.82, 2.24) is 9.13 Å². The molecule has 0 spiro atoms. The fourth-order valence-corrected chi connectivity index (χ4v) is 8.21. The van der Waals surface area contributed by atoms with Crippen LogP contribution in [0.25, 0.3) is 99.5 Å². The molecule has 262 valence electrons. The predicted octanol–water partition coefficient (Wildman–Crippen LogP) is 14.5. The minimum atomic E-state index is -0.425. The molecule has 2 nitrogen and oxygen atoms in total. The number of aromatic nitrogens is 2. The van der Waals surface area contributed by atoms with E-state index in [0.717, 1.165) is 60.9 Å². The van der Waals surface area contributed by atoms with E-state index in [1.165, 1.54) is 0 Å². The van der Waals surface area contributed by atoms with E-state index in [4.69, 9.17) is 2.74 Å². The van der Waals surface area contributed by atoms with Crippen LogP contribution >= 0.6 is 0 Å².